The topological polar surface area (TPSA) is 52.8 Å². The Morgan fingerprint density at radius 1 is 0.432 bits per heavy atom. The van der Waals surface area contributed by atoms with Crippen molar-refractivity contribution in [3.63, 3.8) is 0 Å². The zero-order valence-corrected chi connectivity index (χ0v) is 23.6. The van der Waals surface area contributed by atoms with E-state index in [9.17, 15) is 0 Å². The summed E-state index contributed by atoms with van der Waals surface area (Å²) in [7, 11) is 0. The fourth-order valence-corrected chi connectivity index (χ4v) is 6.29. The lowest BCUT2D eigenvalue weighted by molar-refractivity contribution is 0.491. The van der Waals surface area contributed by atoms with Crippen LogP contribution in [-0.2, 0) is 0 Å². The summed E-state index contributed by atoms with van der Waals surface area (Å²) in [4.78, 5) is 15.2. The number of nitrogens with zero attached hydrogens (tertiary/aromatic N) is 4. The molecular formula is C39H24N4O. The number of hydrogen-bond donors (Lipinski definition) is 0. The summed E-state index contributed by atoms with van der Waals surface area (Å²) in [5.41, 5.74) is 8.11. The van der Waals surface area contributed by atoms with Crippen molar-refractivity contribution in [3.05, 3.63) is 146 Å². The average molecular weight is 565 g/mol. The van der Waals surface area contributed by atoms with Gasteiger partial charge in [0.1, 0.15) is 11.3 Å². The van der Waals surface area contributed by atoms with Crippen molar-refractivity contribution < 1.29 is 4.74 Å². The van der Waals surface area contributed by atoms with Crippen molar-refractivity contribution in [2.75, 3.05) is 0 Å². The fraction of sp³-hybridized carbons (Fsp3) is 0. The highest BCUT2D eigenvalue weighted by Gasteiger charge is 2.27. The number of benzene rings is 6. The zero-order valence-electron chi connectivity index (χ0n) is 23.6. The van der Waals surface area contributed by atoms with Crippen LogP contribution in [0.25, 0.3) is 72.8 Å². The van der Waals surface area contributed by atoms with Gasteiger partial charge in [0, 0.05) is 33.0 Å². The predicted octanol–water partition coefficient (Wildman–Crippen LogP) is 9.74. The van der Waals surface area contributed by atoms with Gasteiger partial charge in [-0.2, -0.15) is 9.97 Å². The van der Waals surface area contributed by atoms with E-state index in [1.807, 2.05) is 72.8 Å². The summed E-state index contributed by atoms with van der Waals surface area (Å²) in [5.74, 6) is 3.34. The van der Waals surface area contributed by atoms with Crippen LogP contribution in [-0.4, -0.2) is 19.5 Å². The second-order valence-corrected chi connectivity index (χ2v) is 10.8. The smallest absolute Gasteiger partial charge is 0.238 e. The lowest BCUT2D eigenvalue weighted by Crippen LogP contribution is -2.07. The Labute approximate surface area is 253 Å². The predicted molar refractivity (Wildman–Crippen MR) is 176 cm³/mol. The number of fused-ring (bicyclic) bond motifs is 9. The third-order valence-corrected chi connectivity index (χ3v) is 8.28. The fourth-order valence-electron chi connectivity index (χ4n) is 6.29. The van der Waals surface area contributed by atoms with Crippen molar-refractivity contribution in [2.24, 2.45) is 0 Å². The van der Waals surface area contributed by atoms with Gasteiger partial charge in [-0.1, -0.05) is 127 Å². The molecule has 0 saturated carbocycles. The highest BCUT2D eigenvalue weighted by atomic mass is 16.5. The molecule has 3 heterocycles. The molecule has 9 rings (SSSR count). The van der Waals surface area contributed by atoms with Crippen LogP contribution in [0.2, 0.25) is 0 Å². The third kappa shape index (κ3) is 3.76. The van der Waals surface area contributed by atoms with E-state index < -0.39 is 0 Å². The summed E-state index contributed by atoms with van der Waals surface area (Å²) in [6.45, 7) is 0. The van der Waals surface area contributed by atoms with Crippen LogP contribution in [0.4, 0.5) is 0 Å². The minimum absolute atomic E-state index is 0.534. The summed E-state index contributed by atoms with van der Waals surface area (Å²) in [6, 6.07) is 49.6. The largest absolute Gasteiger partial charge is 0.454 e. The van der Waals surface area contributed by atoms with E-state index in [4.69, 9.17) is 19.7 Å². The Hall–Kier alpha value is -6.07. The molecule has 44 heavy (non-hydrogen) atoms. The maximum atomic E-state index is 6.93. The molecule has 0 radical (unpaired) electrons. The SMILES string of the molecule is c1ccc(-c2nc(-c3ccccc3)nc(-n3c4ccccc4c4ccc5c(c43)Oc3ccccc3-c3ccccc3-5)n2)cc1. The Morgan fingerprint density at radius 2 is 1.00 bits per heavy atom. The first-order valence-corrected chi connectivity index (χ1v) is 14.6. The Kier molecular flexibility index (Phi) is 5.43. The van der Waals surface area contributed by atoms with Crippen molar-refractivity contribution >= 4 is 21.8 Å². The van der Waals surface area contributed by atoms with Gasteiger partial charge in [0.05, 0.1) is 5.52 Å². The normalized spacial score (nSPS) is 11.8. The summed E-state index contributed by atoms with van der Waals surface area (Å²) < 4.78 is 9.07. The molecule has 2 aromatic heterocycles. The molecular weight excluding hydrogens is 540 g/mol. The molecule has 6 aromatic carbocycles. The minimum Gasteiger partial charge on any atom is -0.454 e. The lowest BCUT2D eigenvalue weighted by Gasteiger charge is -2.15. The maximum Gasteiger partial charge on any atom is 0.238 e. The van der Waals surface area contributed by atoms with E-state index >= 15 is 0 Å². The van der Waals surface area contributed by atoms with Crippen LogP contribution in [0.3, 0.4) is 0 Å². The molecule has 0 unspecified atom stereocenters. The summed E-state index contributed by atoms with van der Waals surface area (Å²) in [6.07, 6.45) is 0. The van der Waals surface area contributed by atoms with Gasteiger partial charge in [-0.05, 0) is 29.3 Å². The minimum atomic E-state index is 0.534. The van der Waals surface area contributed by atoms with E-state index in [1.165, 1.54) is 0 Å². The van der Waals surface area contributed by atoms with Crippen LogP contribution in [0.15, 0.2) is 146 Å². The van der Waals surface area contributed by atoms with Gasteiger partial charge in [0.15, 0.2) is 17.4 Å². The van der Waals surface area contributed by atoms with Crippen molar-refractivity contribution in [1.82, 2.24) is 19.5 Å². The Bertz CT molecular complexity index is 2300. The van der Waals surface area contributed by atoms with Crippen molar-refractivity contribution in [1.29, 1.82) is 0 Å². The van der Waals surface area contributed by atoms with E-state index in [-0.39, 0.29) is 0 Å². The van der Waals surface area contributed by atoms with E-state index in [2.05, 4.69) is 77.4 Å². The van der Waals surface area contributed by atoms with E-state index in [1.54, 1.807) is 0 Å². The van der Waals surface area contributed by atoms with E-state index in [0.717, 1.165) is 66.7 Å². The molecule has 5 nitrogen and oxygen atoms in total. The molecule has 5 heteroatoms. The van der Waals surface area contributed by atoms with Crippen LogP contribution < -0.4 is 4.74 Å². The highest BCUT2D eigenvalue weighted by molar-refractivity contribution is 6.13. The first-order valence-electron chi connectivity index (χ1n) is 14.6. The van der Waals surface area contributed by atoms with Gasteiger partial charge < -0.3 is 4.74 Å². The zero-order chi connectivity index (χ0) is 29.0. The molecule has 1 aliphatic rings. The van der Waals surface area contributed by atoms with Gasteiger partial charge in [-0.15, -0.1) is 0 Å². The summed E-state index contributed by atoms with van der Waals surface area (Å²) in [5, 5.41) is 2.17. The van der Waals surface area contributed by atoms with Gasteiger partial charge in [-0.3, -0.25) is 4.57 Å². The number of rotatable bonds is 3. The molecule has 0 saturated heterocycles. The number of para-hydroxylation sites is 2. The van der Waals surface area contributed by atoms with Crippen molar-refractivity contribution in [2.45, 2.75) is 0 Å². The quantitative estimate of drug-likeness (QED) is 0.214. The number of ether oxygens (including phenoxy) is 1. The van der Waals surface area contributed by atoms with Crippen LogP contribution in [0.1, 0.15) is 0 Å². The molecule has 0 fully saturated rings. The van der Waals surface area contributed by atoms with Gasteiger partial charge in [0.25, 0.3) is 0 Å². The molecule has 0 bridgehead atoms. The summed E-state index contributed by atoms with van der Waals surface area (Å²) >= 11 is 0. The number of aromatic nitrogens is 4. The Morgan fingerprint density at radius 3 is 1.70 bits per heavy atom. The molecule has 1 aliphatic heterocycles. The molecule has 0 amide bonds. The second-order valence-electron chi connectivity index (χ2n) is 10.8. The maximum absolute atomic E-state index is 6.93. The molecule has 8 aromatic rings. The van der Waals surface area contributed by atoms with Crippen LogP contribution in [0.5, 0.6) is 11.5 Å². The Balaban J connectivity index is 1.41. The second kappa shape index (κ2) is 9.75. The first kappa shape index (κ1) is 24.5. The average Bonchev–Trinajstić information content (AvgIpc) is 3.36. The standard InChI is InChI=1S/C39H24N4O/c1-3-13-25(14-4-1)37-40-38(26-15-5-2-6-16-26)42-39(41-37)43-33-21-11-9-19-29(33)31-23-24-32-28-18-8-7-17-27(28)30-20-10-12-22-34(30)44-36(32)35(31)43/h1-24H. The molecule has 0 spiro atoms. The third-order valence-electron chi connectivity index (χ3n) is 8.28. The van der Waals surface area contributed by atoms with Gasteiger partial charge in [0.2, 0.25) is 5.95 Å². The van der Waals surface area contributed by atoms with E-state index in [0.29, 0.717) is 17.6 Å². The first-order chi connectivity index (χ1) is 21.8. The monoisotopic (exact) mass is 564 g/mol. The van der Waals surface area contributed by atoms with Crippen molar-refractivity contribution in [3.8, 4) is 62.5 Å². The molecule has 206 valence electrons. The molecule has 0 aliphatic carbocycles. The van der Waals surface area contributed by atoms with Gasteiger partial charge in [-0.25, -0.2) is 4.98 Å². The van der Waals surface area contributed by atoms with Crippen LogP contribution in [0, 0.1) is 0 Å². The molecule has 0 N–H and O–H groups in total. The van der Waals surface area contributed by atoms with Crippen LogP contribution >= 0.6 is 0 Å². The highest BCUT2D eigenvalue weighted by Crippen LogP contribution is 2.50. The lowest BCUT2D eigenvalue weighted by atomic mass is 9.94. The van der Waals surface area contributed by atoms with Gasteiger partial charge >= 0.3 is 0 Å². The number of hydrogen-bond acceptors (Lipinski definition) is 4. The molecule has 0 atom stereocenters.